The van der Waals surface area contributed by atoms with E-state index in [9.17, 15) is 8.78 Å². The minimum atomic E-state index is -0.731. The van der Waals surface area contributed by atoms with E-state index in [2.05, 4.69) is 39.0 Å². The van der Waals surface area contributed by atoms with E-state index in [0.717, 1.165) is 18.4 Å². The lowest BCUT2D eigenvalue weighted by Crippen LogP contribution is -2.44. The van der Waals surface area contributed by atoms with Gasteiger partial charge in [-0.05, 0) is 41.5 Å². The maximum Gasteiger partial charge on any atom is 0.163 e. The maximum atomic E-state index is 14.7. The van der Waals surface area contributed by atoms with Gasteiger partial charge in [-0.15, -0.1) is 11.8 Å². The molecule has 1 aliphatic carbocycles. The lowest BCUT2D eigenvalue weighted by Gasteiger charge is -2.49. The molecule has 3 aliphatic rings. The highest BCUT2D eigenvalue weighted by Gasteiger charge is 2.53. The summed E-state index contributed by atoms with van der Waals surface area (Å²) in [5, 5.41) is -0.000162. The summed E-state index contributed by atoms with van der Waals surface area (Å²) in [7, 11) is 0. The Labute approximate surface area is 140 Å². The van der Waals surface area contributed by atoms with Gasteiger partial charge in [0.1, 0.15) is 0 Å². The molecule has 23 heavy (non-hydrogen) atoms. The molecular weight excluding hydrogens is 310 g/mol. The molecule has 0 aromatic heterocycles. The first-order valence-electron chi connectivity index (χ1n) is 8.11. The Bertz CT molecular complexity index is 791. The highest BCUT2D eigenvalue weighted by atomic mass is 32.2. The Hall–Kier alpha value is -1.35. The van der Waals surface area contributed by atoms with Gasteiger partial charge in [0.15, 0.2) is 11.6 Å². The van der Waals surface area contributed by atoms with Gasteiger partial charge in [-0.2, -0.15) is 0 Å². The van der Waals surface area contributed by atoms with E-state index in [0.29, 0.717) is 5.56 Å². The lowest BCUT2D eigenvalue weighted by atomic mass is 9.54. The summed E-state index contributed by atoms with van der Waals surface area (Å²) in [4.78, 5) is 1.21. The van der Waals surface area contributed by atoms with Crippen molar-refractivity contribution in [1.29, 1.82) is 0 Å². The molecule has 0 saturated carbocycles. The largest absolute Gasteiger partial charge is 0.204 e. The van der Waals surface area contributed by atoms with Crippen LogP contribution in [0, 0.1) is 17.0 Å². The third kappa shape index (κ3) is 1.89. The molecule has 2 atom stereocenters. The number of benzene rings is 2. The molecule has 0 fully saturated rings. The number of halogens is 2. The van der Waals surface area contributed by atoms with E-state index in [1.807, 2.05) is 12.1 Å². The number of hydrogen-bond donors (Lipinski definition) is 0. The molecule has 0 spiro atoms. The SMILES string of the molecule is CC(C)(C)C12CCC(Sc3ccccc31)c1c2ccc(F)c1F. The van der Waals surface area contributed by atoms with Crippen LogP contribution in [-0.4, -0.2) is 0 Å². The average Bonchev–Trinajstić information content (AvgIpc) is 2.74. The third-order valence-corrected chi connectivity index (χ3v) is 6.96. The smallest absolute Gasteiger partial charge is 0.163 e. The van der Waals surface area contributed by atoms with Crippen LogP contribution in [0.5, 0.6) is 0 Å². The Balaban J connectivity index is 2.15. The monoisotopic (exact) mass is 330 g/mol. The number of hydrogen-bond acceptors (Lipinski definition) is 1. The molecule has 0 N–H and O–H groups in total. The van der Waals surface area contributed by atoms with Crippen LogP contribution in [0.25, 0.3) is 0 Å². The highest BCUT2D eigenvalue weighted by molar-refractivity contribution is 7.99. The Morgan fingerprint density at radius 1 is 1.04 bits per heavy atom. The number of fused-ring (bicyclic) bond motifs is 1. The predicted octanol–water partition coefficient (Wildman–Crippen LogP) is 6.24. The lowest BCUT2D eigenvalue weighted by molar-refractivity contribution is 0.195. The number of rotatable bonds is 0. The summed E-state index contributed by atoms with van der Waals surface area (Å²) >= 11 is 1.69. The van der Waals surface area contributed by atoms with Gasteiger partial charge >= 0.3 is 0 Å². The van der Waals surface area contributed by atoms with E-state index in [4.69, 9.17) is 0 Å². The average molecular weight is 330 g/mol. The van der Waals surface area contributed by atoms with E-state index in [1.165, 1.54) is 16.5 Å². The van der Waals surface area contributed by atoms with Crippen molar-refractivity contribution < 1.29 is 8.78 Å². The molecule has 5 rings (SSSR count). The molecule has 0 amide bonds. The molecule has 0 radical (unpaired) electrons. The van der Waals surface area contributed by atoms with E-state index in [1.54, 1.807) is 11.8 Å². The standard InChI is InChI=1S/C20H20F2S/c1-19(2,3)20-11-10-16(23-15-7-5-4-6-12(15)20)17-13(20)8-9-14(21)18(17)22/h4-9,16H,10-11H2,1-3H3. The van der Waals surface area contributed by atoms with Crippen molar-refractivity contribution in [2.75, 3.05) is 0 Å². The third-order valence-electron chi connectivity index (χ3n) is 5.59. The van der Waals surface area contributed by atoms with Crippen LogP contribution in [0.1, 0.15) is 55.6 Å². The maximum absolute atomic E-state index is 14.7. The Kier molecular flexibility index (Phi) is 3.19. The molecule has 2 unspecified atom stereocenters. The molecule has 2 aromatic carbocycles. The minimum absolute atomic E-state index is 0.000162. The first-order chi connectivity index (χ1) is 10.9. The molecule has 0 saturated heterocycles. The normalized spacial score (nSPS) is 25.7. The fourth-order valence-corrected chi connectivity index (χ4v) is 5.95. The van der Waals surface area contributed by atoms with Gasteiger partial charge in [-0.3, -0.25) is 0 Å². The summed E-state index contributed by atoms with van der Waals surface area (Å²) in [5.74, 6) is -1.38. The second-order valence-electron chi connectivity index (χ2n) is 7.62. The molecule has 2 aliphatic heterocycles. The van der Waals surface area contributed by atoms with Gasteiger partial charge < -0.3 is 0 Å². The van der Waals surface area contributed by atoms with E-state index >= 15 is 0 Å². The quantitative estimate of drug-likeness (QED) is 0.551. The summed E-state index contributed by atoms with van der Waals surface area (Å²) in [5.41, 5.74) is 2.49. The summed E-state index contributed by atoms with van der Waals surface area (Å²) < 4.78 is 28.6. The van der Waals surface area contributed by atoms with Crippen molar-refractivity contribution in [3.05, 3.63) is 64.7 Å². The van der Waals surface area contributed by atoms with Crippen LogP contribution in [0.4, 0.5) is 8.78 Å². The van der Waals surface area contributed by atoms with E-state index in [-0.39, 0.29) is 16.1 Å². The zero-order chi connectivity index (χ0) is 16.4. The van der Waals surface area contributed by atoms with Crippen molar-refractivity contribution in [2.45, 2.75) is 49.2 Å². The second kappa shape index (κ2) is 4.83. The second-order valence-corrected chi connectivity index (χ2v) is 8.86. The van der Waals surface area contributed by atoms with Gasteiger partial charge in [0, 0.05) is 21.1 Å². The fourth-order valence-electron chi connectivity index (χ4n) is 4.54. The molecule has 2 heterocycles. The molecule has 120 valence electrons. The van der Waals surface area contributed by atoms with Crippen LogP contribution in [0.2, 0.25) is 0 Å². The zero-order valence-electron chi connectivity index (χ0n) is 13.6. The summed E-state index contributed by atoms with van der Waals surface area (Å²) in [6, 6.07) is 11.5. The van der Waals surface area contributed by atoms with Crippen molar-refractivity contribution in [2.24, 2.45) is 5.41 Å². The molecule has 2 bridgehead atoms. The molecular formula is C20H20F2S. The van der Waals surface area contributed by atoms with Gasteiger partial charge in [0.25, 0.3) is 0 Å². The Morgan fingerprint density at radius 3 is 2.52 bits per heavy atom. The van der Waals surface area contributed by atoms with Crippen LogP contribution in [-0.2, 0) is 5.41 Å². The van der Waals surface area contributed by atoms with Gasteiger partial charge in [0.2, 0.25) is 0 Å². The molecule has 2 aromatic rings. The fraction of sp³-hybridized carbons (Fsp3) is 0.400. The molecule has 0 nitrogen and oxygen atoms in total. The van der Waals surface area contributed by atoms with Crippen molar-refractivity contribution >= 4 is 11.8 Å². The summed E-state index contributed by atoms with van der Waals surface area (Å²) in [6.45, 7) is 6.64. The van der Waals surface area contributed by atoms with E-state index < -0.39 is 11.6 Å². The minimum Gasteiger partial charge on any atom is -0.204 e. The van der Waals surface area contributed by atoms with Gasteiger partial charge in [0.05, 0.1) is 0 Å². The zero-order valence-corrected chi connectivity index (χ0v) is 14.4. The Morgan fingerprint density at radius 2 is 1.78 bits per heavy atom. The van der Waals surface area contributed by atoms with Crippen LogP contribution >= 0.6 is 11.8 Å². The molecule has 3 heteroatoms. The van der Waals surface area contributed by atoms with Crippen LogP contribution in [0.15, 0.2) is 41.3 Å². The summed E-state index contributed by atoms with van der Waals surface area (Å²) in [6.07, 6.45) is 1.85. The van der Waals surface area contributed by atoms with Crippen molar-refractivity contribution in [3.8, 4) is 0 Å². The topological polar surface area (TPSA) is 0 Å². The first-order valence-corrected chi connectivity index (χ1v) is 8.99. The highest BCUT2D eigenvalue weighted by Crippen LogP contribution is 2.63. The van der Waals surface area contributed by atoms with Gasteiger partial charge in [-0.25, -0.2) is 8.78 Å². The van der Waals surface area contributed by atoms with Gasteiger partial charge in [-0.1, -0.05) is 45.0 Å². The van der Waals surface area contributed by atoms with Crippen LogP contribution in [0.3, 0.4) is 0 Å². The number of thioether (sulfide) groups is 1. The first kappa shape index (κ1) is 15.2. The predicted molar refractivity (Wildman–Crippen MR) is 90.9 cm³/mol. The van der Waals surface area contributed by atoms with Crippen molar-refractivity contribution in [3.63, 3.8) is 0 Å². The van der Waals surface area contributed by atoms with Crippen LogP contribution < -0.4 is 0 Å². The van der Waals surface area contributed by atoms with Crippen molar-refractivity contribution in [1.82, 2.24) is 0 Å².